The number of carbonyl (C=O) groups is 1. The Morgan fingerprint density at radius 1 is 1.35 bits per heavy atom. The van der Waals surface area contributed by atoms with E-state index in [4.69, 9.17) is 4.11 Å². The number of aromatic nitrogens is 4. The molecule has 0 aliphatic carbocycles. The molecule has 20 heavy (non-hydrogen) atoms. The number of hydrogen-bond acceptors (Lipinski definition) is 4. The lowest BCUT2D eigenvalue weighted by Crippen LogP contribution is -2.39. The van der Waals surface area contributed by atoms with E-state index in [0.717, 1.165) is 4.57 Å². The SMILES string of the molecule is [2H]C([2H])([2H])C(=O)CCCCn1c(=O)c2c(ncn2C)n(C)c1=O. The Labute approximate surface area is 119 Å². The molecule has 7 heteroatoms. The second kappa shape index (κ2) is 5.44. The highest BCUT2D eigenvalue weighted by molar-refractivity contribution is 5.75. The largest absolute Gasteiger partial charge is 0.332 e. The molecule has 0 bridgehead atoms. The number of Topliss-reactive ketones (excluding diaryl/α,β-unsaturated/α-hetero) is 1. The van der Waals surface area contributed by atoms with Gasteiger partial charge in [0.1, 0.15) is 5.78 Å². The first-order valence-corrected chi connectivity index (χ1v) is 6.28. The summed E-state index contributed by atoms with van der Waals surface area (Å²) in [6, 6.07) is 0. The van der Waals surface area contributed by atoms with Crippen LogP contribution >= 0.6 is 0 Å². The van der Waals surface area contributed by atoms with Crippen molar-refractivity contribution in [3.05, 3.63) is 27.2 Å². The van der Waals surface area contributed by atoms with E-state index in [1.165, 1.54) is 17.9 Å². The van der Waals surface area contributed by atoms with E-state index >= 15 is 0 Å². The monoisotopic (exact) mass is 281 g/mol. The molecule has 0 spiro atoms. The maximum absolute atomic E-state index is 12.4. The van der Waals surface area contributed by atoms with Crippen molar-refractivity contribution in [1.82, 2.24) is 18.7 Å². The zero-order valence-electron chi connectivity index (χ0n) is 14.4. The van der Waals surface area contributed by atoms with Crippen LogP contribution in [0.5, 0.6) is 0 Å². The van der Waals surface area contributed by atoms with Gasteiger partial charge in [0.05, 0.1) is 6.33 Å². The predicted molar refractivity (Wildman–Crippen MR) is 74.7 cm³/mol. The van der Waals surface area contributed by atoms with E-state index in [9.17, 15) is 14.4 Å². The molecule has 0 amide bonds. The smallest absolute Gasteiger partial charge is 0.328 e. The van der Waals surface area contributed by atoms with Gasteiger partial charge in [-0.2, -0.15) is 0 Å². The van der Waals surface area contributed by atoms with E-state index in [1.807, 2.05) is 0 Å². The first-order chi connectivity index (χ1) is 10.6. The Bertz CT molecular complexity index is 860. The summed E-state index contributed by atoms with van der Waals surface area (Å²) in [7, 11) is 3.20. The van der Waals surface area contributed by atoms with E-state index in [1.54, 1.807) is 11.6 Å². The van der Waals surface area contributed by atoms with Crippen LogP contribution in [-0.4, -0.2) is 24.5 Å². The van der Waals surface area contributed by atoms with Crippen molar-refractivity contribution in [3.63, 3.8) is 0 Å². The maximum Gasteiger partial charge on any atom is 0.332 e. The van der Waals surface area contributed by atoms with Crippen LogP contribution in [0.15, 0.2) is 15.9 Å². The van der Waals surface area contributed by atoms with Crippen LogP contribution in [0, 0.1) is 0 Å². The Balaban J connectivity index is 2.18. The van der Waals surface area contributed by atoms with Gasteiger partial charge >= 0.3 is 5.69 Å². The van der Waals surface area contributed by atoms with E-state index < -0.39 is 23.9 Å². The van der Waals surface area contributed by atoms with E-state index in [-0.39, 0.29) is 13.0 Å². The van der Waals surface area contributed by atoms with Gasteiger partial charge in [0, 0.05) is 31.2 Å². The fraction of sp³-hybridized carbons (Fsp3) is 0.538. The average molecular weight is 281 g/mol. The summed E-state index contributed by atoms with van der Waals surface area (Å²) in [5.41, 5.74) is -0.282. The molecule has 0 unspecified atom stereocenters. The van der Waals surface area contributed by atoms with Crippen LogP contribution in [0.1, 0.15) is 30.2 Å². The molecule has 0 saturated carbocycles. The number of aryl methyl sites for hydroxylation is 2. The van der Waals surface area contributed by atoms with Crippen LogP contribution in [0.25, 0.3) is 11.2 Å². The molecule has 0 atom stereocenters. The fourth-order valence-electron chi connectivity index (χ4n) is 2.15. The Kier molecular flexibility index (Phi) is 2.88. The Morgan fingerprint density at radius 2 is 2.10 bits per heavy atom. The zero-order chi connectivity index (χ0) is 17.4. The number of ketones is 1. The molecule has 2 rings (SSSR count). The van der Waals surface area contributed by atoms with Crippen molar-refractivity contribution < 1.29 is 8.91 Å². The standard InChI is InChI=1S/C13H18N4O3/c1-9(18)6-4-5-7-17-12(19)10-11(14-8-15(10)2)16(3)13(17)20/h8H,4-7H2,1-3H3/i1D3. The van der Waals surface area contributed by atoms with Gasteiger partial charge in [0.25, 0.3) is 5.56 Å². The molecule has 2 heterocycles. The first-order valence-electron chi connectivity index (χ1n) is 7.78. The number of rotatable bonds is 5. The molecule has 0 N–H and O–H groups in total. The molecule has 0 aliphatic rings. The van der Waals surface area contributed by atoms with Crippen molar-refractivity contribution in [2.45, 2.75) is 32.7 Å². The minimum atomic E-state index is -2.60. The molecule has 108 valence electrons. The third kappa shape index (κ3) is 2.43. The van der Waals surface area contributed by atoms with Crippen LogP contribution in [0.2, 0.25) is 0 Å². The van der Waals surface area contributed by atoms with Crippen molar-refractivity contribution in [3.8, 4) is 0 Å². The lowest BCUT2D eigenvalue weighted by Gasteiger charge is -2.08. The normalized spacial score (nSPS) is 14.0. The van der Waals surface area contributed by atoms with E-state index in [0.29, 0.717) is 24.0 Å². The van der Waals surface area contributed by atoms with Gasteiger partial charge in [-0.3, -0.25) is 13.9 Å². The summed E-state index contributed by atoms with van der Waals surface area (Å²) >= 11 is 0. The highest BCUT2D eigenvalue weighted by Gasteiger charge is 2.14. The van der Waals surface area contributed by atoms with Crippen molar-refractivity contribution in [2.75, 3.05) is 0 Å². The summed E-state index contributed by atoms with van der Waals surface area (Å²) in [5.74, 6) is -0.806. The molecule has 2 aromatic rings. The van der Waals surface area contributed by atoms with Crippen LogP contribution in [-0.2, 0) is 25.4 Å². The van der Waals surface area contributed by atoms with Gasteiger partial charge in [-0.15, -0.1) is 0 Å². The van der Waals surface area contributed by atoms with Crippen molar-refractivity contribution in [1.29, 1.82) is 0 Å². The third-order valence-electron chi connectivity index (χ3n) is 3.24. The molecule has 0 saturated heterocycles. The van der Waals surface area contributed by atoms with Gasteiger partial charge in [-0.05, 0) is 19.7 Å². The fourth-order valence-corrected chi connectivity index (χ4v) is 2.15. The molecular formula is C13H18N4O3. The number of fused-ring (bicyclic) bond motifs is 1. The van der Waals surface area contributed by atoms with Gasteiger partial charge in [0.15, 0.2) is 11.2 Å². The minimum Gasteiger partial charge on any atom is -0.328 e. The predicted octanol–water partition coefficient (Wildman–Crippen LogP) is 0.193. The van der Waals surface area contributed by atoms with Crippen LogP contribution in [0.4, 0.5) is 0 Å². The lowest BCUT2D eigenvalue weighted by atomic mass is 10.2. The number of imidazole rings is 1. The summed E-state index contributed by atoms with van der Waals surface area (Å²) in [6.07, 6.45) is 2.03. The molecule has 7 nitrogen and oxygen atoms in total. The lowest BCUT2D eigenvalue weighted by molar-refractivity contribution is -0.117. The van der Waals surface area contributed by atoms with Gasteiger partial charge in [0.2, 0.25) is 0 Å². The minimum absolute atomic E-state index is 0.0977. The molecule has 0 aromatic carbocycles. The first kappa shape index (κ1) is 10.6. The molecule has 0 aliphatic heterocycles. The van der Waals surface area contributed by atoms with Crippen LogP contribution < -0.4 is 11.2 Å². The molecule has 0 fully saturated rings. The van der Waals surface area contributed by atoms with Gasteiger partial charge in [-0.1, -0.05) is 0 Å². The third-order valence-corrected chi connectivity index (χ3v) is 3.24. The zero-order valence-corrected chi connectivity index (χ0v) is 11.4. The summed E-state index contributed by atoms with van der Waals surface area (Å²) in [5, 5.41) is 0. The van der Waals surface area contributed by atoms with Crippen molar-refractivity contribution in [2.24, 2.45) is 14.1 Å². The molecule has 0 radical (unpaired) electrons. The Hall–Kier alpha value is -2.18. The maximum atomic E-state index is 12.4. The summed E-state index contributed by atoms with van der Waals surface area (Å²) < 4.78 is 24.9. The second-order valence-corrected chi connectivity index (χ2v) is 4.71. The van der Waals surface area contributed by atoms with Crippen molar-refractivity contribution >= 4 is 16.9 Å². The van der Waals surface area contributed by atoms with Crippen LogP contribution in [0.3, 0.4) is 0 Å². The highest BCUT2D eigenvalue weighted by atomic mass is 16.2. The second-order valence-electron chi connectivity index (χ2n) is 4.71. The summed E-state index contributed by atoms with van der Waals surface area (Å²) in [4.78, 5) is 40.0. The quantitative estimate of drug-likeness (QED) is 0.733. The highest BCUT2D eigenvalue weighted by Crippen LogP contribution is 2.04. The van der Waals surface area contributed by atoms with Gasteiger partial charge in [-0.25, -0.2) is 9.78 Å². The van der Waals surface area contributed by atoms with E-state index in [2.05, 4.69) is 4.98 Å². The Morgan fingerprint density at radius 3 is 2.80 bits per heavy atom. The summed E-state index contributed by atoms with van der Waals surface area (Å²) in [6.45, 7) is -2.47. The molecular weight excluding hydrogens is 260 g/mol. The number of hydrogen-bond donors (Lipinski definition) is 0. The topological polar surface area (TPSA) is 78.9 Å². The van der Waals surface area contributed by atoms with Gasteiger partial charge < -0.3 is 9.36 Å². The number of carbonyl (C=O) groups excluding carboxylic acids is 1. The number of nitrogens with zero attached hydrogens (tertiary/aromatic N) is 4. The number of unbranched alkanes of at least 4 members (excludes halogenated alkanes) is 1. The average Bonchev–Trinajstić information content (AvgIpc) is 2.85. The molecule has 2 aromatic heterocycles.